The normalized spacial score (nSPS) is 12.5. The zero-order chi connectivity index (χ0) is 18.3. The van der Waals surface area contributed by atoms with Gasteiger partial charge in [-0.05, 0) is 42.8 Å². The van der Waals surface area contributed by atoms with Crippen molar-refractivity contribution < 1.29 is 5.11 Å². The summed E-state index contributed by atoms with van der Waals surface area (Å²) < 4.78 is 2.15. The van der Waals surface area contributed by atoms with Crippen LogP contribution in [0.4, 0.5) is 17.5 Å². The summed E-state index contributed by atoms with van der Waals surface area (Å²) in [5.74, 6) is 0.573. The summed E-state index contributed by atoms with van der Waals surface area (Å²) in [6.45, 7) is 2.41. The molecule has 6 N–H and O–H groups in total. The van der Waals surface area contributed by atoms with E-state index in [0.717, 1.165) is 39.6 Å². The molecule has 4 rings (SSSR count). The van der Waals surface area contributed by atoms with Crippen molar-refractivity contribution in [2.75, 3.05) is 16.8 Å². The van der Waals surface area contributed by atoms with Crippen LogP contribution >= 0.6 is 0 Å². The number of anilines is 3. The predicted octanol–water partition coefficient (Wildman–Crippen LogP) is 2.55. The fourth-order valence-corrected chi connectivity index (χ4v) is 3.23. The number of aliphatic hydroxyl groups excluding tert-OH is 1. The minimum absolute atomic E-state index is 0.180. The molecule has 1 atom stereocenters. The third-order valence-electron chi connectivity index (χ3n) is 4.34. The van der Waals surface area contributed by atoms with Crippen molar-refractivity contribution >= 4 is 39.3 Å². The second kappa shape index (κ2) is 6.20. The van der Waals surface area contributed by atoms with Gasteiger partial charge in [-0.1, -0.05) is 12.1 Å². The number of nitrogens with one attached hydrogen (secondary N) is 1. The van der Waals surface area contributed by atoms with Gasteiger partial charge in [0.2, 0.25) is 5.95 Å². The van der Waals surface area contributed by atoms with Gasteiger partial charge in [0.05, 0.1) is 10.9 Å². The quantitative estimate of drug-likeness (QED) is 0.421. The Bertz CT molecular complexity index is 1080. The van der Waals surface area contributed by atoms with Gasteiger partial charge >= 0.3 is 0 Å². The third-order valence-corrected chi connectivity index (χ3v) is 4.34. The molecule has 0 bridgehead atoms. The van der Waals surface area contributed by atoms with Crippen molar-refractivity contribution in [1.82, 2.24) is 14.5 Å². The van der Waals surface area contributed by atoms with Crippen molar-refractivity contribution in [3.63, 3.8) is 0 Å². The first-order valence-corrected chi connectivity index (χ1v) is 8.35. The van der Waals surface area contributed by atoms with Gasteiger partial charge in [0, 0.05) is 29.3 Å². The number of aromatic nitrogens is 3. The van der Waals surface area contributed by atoms with E-state index in [2.05, 4.69) is 19.9 Å². The summed E-state index contributed by atoms with van der Waals surface area (Å²) in [6.07, 6.45) is 1.45. The molecule has 7 heteroatoms. The largest absolute Gasteiger partial charge is 0.383 e. The monoisotopic (exact) mass is 348 g/mol. The number of aliphatic hydroxyl groups is 1. The number of hydrogen-bond acceptors (Lipinski definition) is 6. The Morgan fingerprint density at radius 2 is 1.85 bits per heavy atom. The number of benzene rings is 2. The van der Waals surface area contributed by atoms with Crippen LogP contribution in [0.2, 0.25) is 0 Å². The van der Waals surface area contributed by atoms with Crippen LogP contribution in [0.3, 0.4) is 0 Å². The van der Waals surface area contributed by atoms with Gasteiger partial charge in [-0.2, -0.15) is 4.98 Å². The molecule has 7 nitrogen and oxygen atoms in total. The zero-order valence-electron chi connectivity index (χ0n) is 14.3. The van der Waals surface area contributed by atoms with Gasteiger partial charge in [0.15, 0.2) is 0 Å². The van der Waals surface area contributed by atoms with E-state index in [1.807, 2.05) is 48.7 Å². The molecule has 0 saturated heterocycles. The lowest BCUT2D eigenvalue weighted by Gasteiger charge is -2.11. The highest BCUT2D eigenvalue weighted by Gasteiger charge is 2.11. The first-order valence-electron chi connectivity index (χ1n) is 8.35. The van der Waals surface area contributed by atoms with Crippen molar-refractivity contribution in [1.29, 1.82) is 0 Å². The number of fused-ring (bicyclic) bond motifs is 3. The second-order valence-electron chi connectivity index (χ2n) is 6.32. The van der Waals surface area contributed by atoms with E-state index < -0.39 is 6.23 Å². The summed E-state index contributed by atoms with van der Waals surface area (Å²) in [4.78, 5) is 8.35. The number of hydrogen-bond donors (Lipinski definition) is 4. The van der Waals surface area contributed by atoms with Crippen molar-refractivity contribution in [3.8, 4) is 0 Å². The Labute approximate surface area is 150 Å². The molecule has 0 spiro atoms. The molecule has 0 aliphatic carbocycles. The number of nitrogen functional groups attached to an aromatic ring is 2. The summed E-state index contributed by atoms with van der Waals surface area (Å²) in [6, 6.07) is 13.9. The smallest absolute Gasteiger partial charge is 0.222 e. The van der Waals surface area contributed by atoms with E-state index in [-0.39, 0.29) is 5.95 Å². The van der Waals surface area contributed by atoms with E-state index in [1.54, 1.807) is 6.92 Å². The summed E-state index contributed by atoms with van der Waals surface area (Å²) in [5.41, 5.74) is 15.6. The maximum atomic E-state index is 9.38. The molecule has 26 heavy (non-hydrogen) atoms. The Morgan fingerprint density at radius 3 is 2.58 bits per heavy atom. The first kappa shape index (κ1) is 16.2. The fraction of sp³-hybridized carbons (Fsp3) is 0.158. The number of nitrogens with two attached hydrogens (primary N) is 2. The van der Waals surface area contributed by atoms with Crippen LogP contribution in [0, 0.1) is 0 Å². The van der Waals surface area contributed by atoms with Crippen LogP contribution < -0.4 is 16.8 Å². The summed E-state index contributed by atoms with van der Waals surface area (Å²) in [5, 5.41) is 14.2. The molecule has 2 aromatic carbocycles. The molecule has 1 unspecified atom stereocenters. The predicted molar refractivity (Wildman–Crippen MR) is 105 cm³/mol. The van der Waals surface area contributed by atoms with Gasteiger partial charge in [-0.3, -0.25) is 0 Å². The molecule has 2 aromatic heterocycles. The van der Waals surface area contributed by atoms with Crippen molar-refractivity contribution in [2.45, 2.75) is 19.7 Å². The molecule has 0 saturated carbocycles. The average molecular weight is 348 g/mol. The molecular formula is C19H20N6O. The molecule has 0 aliphatic rings. The standard InChI is InChI=1S/C19H20N6O/c1-11(26)22-13-4-2-12(3-5-13)10-25-9-8-14-16(25)7-6-15-17(14)18(20)24-19(21)23-15/h2-9,11,22,26H,10H2,1H3,(H4,20,21,23,24). The Hall–Kier alpha value is -3.32. The topological polar surface area (TPSA) is 115 Å². The lowest BCUT2D eigenvalue weighted by Crippen LogP contribution is -2.13. The highest BCUT2D eigenvalue weighted by molar-refractivity contribution is 6.10. The van der Waals surface area contributed by atoms with Gasteiger partial charge in [-0.15, -0.1) is 0 Å². The first-order chi connectivity index (χ1) is 12.5. The van der Waals surface area contributed by atoms with Crippen LogP contribution in [0.25, 0.3) is 21.8 Å². The zero-order valence-corrected chi connectivity index (χ0v) is 14.3. The number of nitrogens with zero attached hydrogens (tertiary/aromatic N) is 3. The van der Waals surface area contributed by atoms with Crippen LogP contribution in [0.15, 0.2) is 48.7 Å². The molecule has 0 radical (unpaired) electrons. The van der Waals surface area contributed by atoms with Gasteiger partial charge in [0.25, 0.3) is 0 Å². The average Bonchev–Trinajstić information content (AvgIpc) is 2.98. The van der Waals surface area contributed by atoms with Gasteiger partial charge < -0.3 is 26.5 Å². The van der Waals surface area contributed by atoms with E-state index in [1.165, 1.54) is 0 Å². The third kappa shape index (κ3) is 2.89. The maximum absolute atomic E-state index is 9.38. The fourth-order valence-electron chi connectivity index (χ4n) is 3.23. The molecule has 0 aliphatic heterocycles. The van der Waals surface area contributed by atoms with Gasteiger partial charge in [-0.25, -0.2) is 4.98 Å². The molecule has 4 aromatic rings. The molecule has 132 valence electrons. The lowest BCUT2D eigenvalue weighted by atomic mass is 10.1. The van der Waals surface area contributed by atoms with Crippen LogP contribution in [0.5, 0.6) is 0 Å². The second-order valence-corrected chi connectivity index (χ2v) is 6.32. The molecule has 0 fully saturated rings. The molecule has 0 amide bonds. The highest BCUT2D eigenvalue weighted by Crippen LogP contribution is 2.29. The van der Waals surface area contributed by atoms with E-state index >= 15 is 0 Å². The van der Waals surface area contributed by atoms with E-state index in [0.29, 0.717) is 5.82 Å². The van der Waals surface area contributed by atoms with Crippen molar-refractivity contribution in [2.24, 2.45) is 0 Å². The highest BCUT2D eigenvalue weighted by atomic mass is 16.3. The van der Waals surface area contributed by atoms with Crippen LogP contribution in [-0.2, 0) is 6.54 Å². The Kier molecular flexibility index (Phi) is 3.85. The Morgan fingerprint density at radius 1 is 1.08 bits per heavy atom. The van der Waals surface area contributed by atoms with E-state index in [9.17, 15) is 5.11 Å². The minimum Gasteiger partial charge on any atom is -0.383 e. The molecular weight excluding hydrogens is 328 g/mol. The summed E-state index contributed by atoms with van der Waals surface area (Å²) >= 11 is 0. The summed E-state index contributed by atoms with van der Waals surface area (Å²) in [7, 11) is 0. The Balaban J connectivity index is 1.70. The lowest BCUT2D eigenvalue weighted by molar-refractivity contribution is 0.224. The SMILES string of the molecule is CC(O)Nc1ccc(Cn2ccc3c4c(N)nc(N)nc4ccc32)cc1. The minimum atomic E-state index is -0.579. The number of rotatable bonds is 4. The van der Waals surface area contributed by atoms with Crippen LogP contribution in [-0.4, -0.2) is 25.9 Å². The molecule has 2 heterocycles. The van der Waals surface area contributed by atoms with E-state index in [4.69, 9.17) is 11.5 Å². The van der Waals surface area contributed by atoms with Crippen LogP contribution in [0.1, 0.15) is 12.5 Å². The van der Waals surface area contributed by atoms with Crippen molar-refractivity contribution in [3.05, 3.63) is 54.2 Å². The maximum Gasteiger partial charge on any atom is 0.222 e. The van der Waals surface area contributed by atoms with Gasteiger partial charge in [0.1, 0.15) is 12.0 Å².